The van der Waals surface area contributed by atoms with Crippen molar-refractivity contribution in [2.75, 3.05) is 0 Å². The number of amides is 1. The number of aliphatic carboxylic acids is 1. The predicted molar refractivity (Wildman–Crippen MR) is 53.9 cm³/mol. The first-order valence-corrected chi connectivity index (χ1v) is 4.33. The van der Waals surface area contributed by atoms with Gasteiger partial charge in [0.25, 0.3) is 0 Å². The van der Waals surface area contributed by atoms with E-state index in [0.29, 0.717) is 5.56 Å². The molecule has 0 aromatic heterocycles. The molecule has 0 aliphatic heterocycles. The number of benzene rings is 1. The zero-order valence-corrected chi connectivity index (χ0v) is 8.01. The fourth-order valence-corrected chi connectivity index (χ4v) is 1.19. The molecule has 0 bridgehead atoms. The second-order valence-electron chi connectivity index (χ2n) is 3.30. The molecule has 0 saturated heterocycles. The molecule has 0 heterocycles. The molecule has 80 valence electrons. The number of carbonyl (C=O) groups is 2. The fourth-order valence-electron chi connectivity index (χ4n) is 1.19. The maximum Gasteiger partial charge on any atom is 0.333 e. The van der Waals surface area contributed by atoms with Gasteiger partial charge in [-0.3, -0.25) is 4.79 Å². The Morgan fingerprint density at radius 3 is 2.20 bits per heavy atom. The number of primary amides is 1. The Kier molecular flexibility index (Phi) is 3.06. The molecule has 0 radical (unpaired) electrons. The van der Waals surface area contributed by atoms with E-state index in [1.54, 1.807) is 30.3 Å². The van der Waals surface area contributed by atoms with Crippen LogP contribution in [0.4, 0.5) is 0 Å². The summed E-state index contributed by atoms with van der Waals surface area (Å²) in [5.41, 5.74) is 9.03. The topological polar surface area (TPSA) is 106 Å². The van der Waals surface area contributed by atoms with Crippen LogP contribution in [0.15, 0.2) is 30.3 Å². The van der Waals surface area contributed by atoms with Crippen molar-refractivity contribution in [2.45, 2.75) is 12.0 Å². The summed E-state index contributed by atoms with van der Waals surface area (Å²) in [5.74, 6) is -2.46. The molecular weight excluding hydrogens is 196 g/mol. The molecule has 1 rings (SSSR count). The molecule has 5 nitrogen and oxygen atoms in total. The number of carboxylic acid groups (broad SMARTS) is 1. The van der Waals surface area contributed by atoms with Gasteiger partial charge < -0.3 is 16.6 Å². The maximum absolute atomic E-state index is 11.0. The summed E-state index contributed by atoms with van der Waals surface area (Å²) in [6.45, 7) is 0. The van der Waals surface area contributed by atoms with Crippen LogP contribution in [0, 0.1) is 0 Å². The van der Waals surface area contributed by atoms with Crippen LogP contribution in [0.2, 0.25) is 0 Å². The Morgan fingerprint density at radius 1 is 1.27 bits per heavy atom. The third-order valence-electron chi connectivity index (χ3n) is 2.15. The molecule has 0 fully saturated rings. The van der Waals surface area contributed by atoms with Crippen LogP contribution in [-0.4, -0.2) is 22.5 Å². The van der Waals surface area contributed by atoms with Gasteiger partial charge in [-0.25, -0.2) is 4.79 Å². The van der Waals surface area contributed by atoms with Crippen LogP contribution >= 0.6 is 0 Å². The molecule has 1 atom stereocenters. The first-order valence-electron chi connectivity index (χ1n) is 4.33. The van der Waals surface area contributed by atoms with E-state index in [9.17, 15) is 9.59 Å². The van der Waals surface area contributed by atoms with Gasteiger partial charge in [-0.15, -0.1) is 0 Å². The fraction of sp³-hybridized carbons (Fsp3) is 0.200. The minimum Gasteiger partial charge on any atom is -0.479 e. The number of rotatable bonds is 4. The lowest BCUT2D eigenvalue weighted by Gasteiger charge is -2.20. The van der Waals surface area contributed by atoms with Gasteiger partial charge in [0.1, 0.15) is 0 Å². The minimum absolute atomic E-state index is 0.113. The van der Waals surface area contributed by atoms with Gasteiger partial charge in [-0.1, -0.05) is 30.3 Å². The number of carbonyl (C=O) groups excluding carboxylic acids is 1. The van der Waals surface area contributed by atoms with E-state index in [1.807, 2.05) is 0 Å². The zero-order chi connectivity index (χ0) is 11.5. The van der Waals surface area contributed by atoms with E-state index in [4.69, 9.17) is 16.6 Å². The number of hydrogen-bond acceptors (Lipinski definition) is 3. The van der Waals surface area contributed by atoms with Gasteiger partial charge >= 0.3 is 5.97 Å². The van der Waals surface area contributed by atoms with E-state index >= 15 is 0 Å². The van der Waals surface area contributed by atoms with Gasteiger partial charge in [0, 0.05) is 6.42 Å². The van der Waals surface area contributed by atoms with Crippen LogP contribution in [-0.2, 0) is 16.0 Å². The molecule has 1 unspecified atom stereocenters. The minimum atomic E-state index is -2.04. The molecule has 1 amide bonds. The van der Waals surface area contributed by atoms with Gasteiger partial charge in [0.2, 0.25) is 5.91 Å². The highest BCUT2D eigenvalue weighted by Crippen LogP contribution is 2.11. The molecule has 5 N–H and O–H groups in total. The van der Waals surface area contributed by atoms with Gasteiger partial charge in [0.15, 0.2) is 5.54 Å². The SMILES string of the molecule is NC(=O)C(N)(Cc1ccccc1)C(=O)O. The Hall–Kier alpha value is -1.88. The summed E-state index contributed by atoms with van der Waals surface area (Å²) in [7, 11) is 0. The second kappa shape index (κ2) is 4.10. The normalized spacial score (nSPS) is 14.2. The van der Waals surface area contributed by atoms with Crippen molar-refractivity contribution in [3.8, 4) is 0 Å². The molecule has 5 heteroatoms. The Bertz CT molecular complexity index is 362. The highest BCUT2D eigenvalue weighted by atomic mass is 16.4. The molecule has 15 heavy (non-hydrogen) atoms. The van der Waals surface area contributed by atoms with Crippen LogP contribution < -0.4 is 11.5 Å². The van der Waals surface area contributed by atoms with Crippen molar-refractivity contribution in [1.29, 1.82) is 0 Å². The van der Waals surface area contributed by atoms with Crippen molar-refractivity contribution in [3.05, 3.63) is 35.9 Å². The van der Waals surface area contributed by atoms with Gasteiger partial charge in [-0.05, 0) is 5.56 Å². The lowest BCUT2D eigenvalue weighted by atomic mass is 9.91. The summed E-state index contributed by atoms with van der Waals surface area (Å²) in [6.07, 6.45) is -0.113. The van der Waals surface area contributed by atoms with Gasteiger partial charge in [0.05, 0.1) is 0 Å². The van der Waals surface area contributed by atoms with E-state index in [-0.39, 0.29) is 6.42 Å². The van der Waals surface area contributed by atoms with E-state index < -0.39 is 17.4 Å². The first-order chi connectivity index (χ1) is 6.97. The molecule has 0 aliphatic carbocycles. The predicted octanol–water partition coefficient (Wildman–Crippen LogP) is -0.504. The number of carboxylic acids is 1. The summed E-state index contributed by atoms with van der Waals surface area (Å²) in [5, 5.41) is 8.84. The van der Waals surface area contributed by atoms with Crippen LogP contribution in [0.25, 0.3) is 0 Å². The summed E-state index contributed by atoms with van der Waals surface area (Å²) in [6, 6.07) is 8.63. The molecule has 0 saturated carbocycles. The lowest BCUT2D eigenvalue weighted by Crippen LogP contribution is -2.59. The molecule has 1 aromatic carbocycles. The monoisotopic (exact) mass is 208 g/mol. The average molecular weight is 208 g/mol. The quantitative estimate of drug-likeness (QED) is 0.579. The summed E-state index contributed by atoms with van der Waals surface area (Å²) in [4.78, 5) is 21.8. The smallest absolute Gasteiger partial charge is 0.333 e. The standard InChI is InChI=1S/C10H12N2O3/c11-8(13)10(12,9(14)15)6-7-4-2-1-3-5-7/h1-5H,6,12H2,(H2,11,13)(H,14,15). The third kappa shape index (κ3) is 2.32. The van der Waals surface area contributed by atoms with Crippen LogP contribution in [0.1, 0.15) is 5.56 Å². The zero-order valence-electron chi connectivity index (χ0n) is 8.01. The van der Waals surface area contributed by atoms with Crippen LogP contribution in [0.3, 0.4) is 0 Å². The average Bonchev–Trinajstić information content (AvgIpc) is 2.18. The van der Waals surface area contributed by atoms with Gasteiger partial charge in [-0.2, -0.15) is 0 Å². The molecule has 0 aliphatic rings. The summed E-state index contributed by atoms with van der Waals surface area (Å²) >= 11 is 0. The highest BCUT2D eigenvalue weighted by Gasteiger charge is 2.40. The number of nitrogens with two attached hydrogens (primary N) is 2. The lowest BCUT2D eigenvalue weighted by molar-refractivity contribution is -0.147. The van der Waals surface area contributed by atoms with Crippen molar-refractivity contribution in [2.24, 2.45) is 11.5 Å². The van der Waals surface area contributed by atoms with E-state index in [0.717, 1.165) is 0 Å². The molecule has 1 aromatic rings. The number of hydrogen-bond donors (Lipinski definition) is 3. The van der Waals surface area contributed by atoms with Crippen molar-refractivity contribution < 1.29 is 14.7 Å². The largest absolute Gasteiger partial charge is 0.479 e. The maximum atomic E-state index is 11.0. The third-order valence-corrected chi connectivity index (χ3v) is 2.15. The Labute approximate surface area is 86.7 Å². The van der Waals surface area contributed by atoms with E-state index in [1.165, 1.54) is 0 Å². The van der Waals surface area contributed by atoms with Crippen LogP contribution in [0.5, 0.6) is 0 Å². The van der Waals surface area contributed by atoms with Crippen molar-refractivity contribution >= 4 is 11.9 Å². The Balaban J connectivity index is 2.95. The van der Waals surface area contributed by atoms with Crippen molar-refractivity contribution in [3.63, 3.8) is 0 Å². The highest BCUT2D eigenvalue weighted by molar-refractivity contribution is 6.05. The van der Waals surface area contributed by atoms with E-state index in [2.05, 4.69) is 0 Å². The first kappa shape index (κ1) is 11.2. The second-order valence-corrected chi connectivity index (χ2v) is 3.30. The summed E-state index contributed by atoms with van der Waals surface area (Å²) < 4.78 is 0. The Morgan fingerprint density at radius 2 is 1.80 bits per heavy atom. The molecular formula is C10H12N2O3. The molecule has 0 spiro atoms. The van der Waals surface area contributed by atoms with Crippen molar-refractivity contribution in [1.82, 2.24) is 0 Å².